The van der Waals surface area contributed by atoms with E-state index in [0.717, 1.165) is 23.8 Å². The Morgan fingerprint density at radius 2 is 1.56 bits per heavy atom. The Kier molecular flexibility index (Phi) is 10.6. The lowest BCUT2D eigenvalue weighted by atomic mass is 9.82. The van der Waals surface area contributed by atoms with Crippen LogP contribution in [-0.2, 0) is 24.1 Å². The molecule has 0 bridgehead atoms. The van der Waals surface area contributed by atoms with Crippen molar-refractivity contribution in [2.75, 3.05) is 0 Å². The summed E-state index contributed by atoms with van der Waals surface area (Å²) in [6.45, 7) is 5.56. The third-order valence-electron chi connectivity index (χ3n) is 8.03. The Morgan fingerprint density at radius 1 is 0.976 bits per heavy atom. The molecule has 41 heavy (non-hydrogen) atoms. The van der Waals surface area contributed by atoms with Crippen LogP contribution in [0.2, 0.25) is 0 Å². The Hall–Kier alpha value is -2.77. The minimum Gasteiger partial charge on any atom is -0.429 e. The highest BCUT2D eigenvalue weighted by atomic mass is 32.2. The number of thioether (sulfide) groups is 1. The Balaban J connectivity index is 1.29. The minimum absolute atomic E-state index is 0.00975. The summed E-state index contributed by atoms with van der Waals surface area (Å²) < 4.78 is 50.2. The molecular formula is C34H39F3O3S. The normalized spacial score (nSPS) is 18.2. The molecule has 1 N–H and O–H groups in total. The van der Waals surface area contributed by atoms with Gasteiger partial charge < -0.3 is 9.84 Å². The van der Waals surface area contributed by atoms with E-state index in [9.17, 15) is 14.3 Å². The smallest absolute Gasteiger partial charge is 0.400 e. The first kappa shape index (κ1) is 31.2. The van der Waals surface area contributed by atoms with Crippen molar-refractivity contribution < 1.29 is 27.8 Å². The average molecular weight is 585 g/mol. The van der Waals surface area contributed by atoms with E-state index < -0.39 is 29.7 Å². The van der Waals surface area contributed by atoms with Gasteiger partial charge >= 0.3 is 6.11 Å². The fourth-order valence-corrected chi connectivity index (χ4v) is 6.24. The SMILES string of the molecule is CCc1cc(C(O)CC)cc(F)c1OC(F)(F)C1CCC(C(=O)Sc2ccc(CCc3ccc(C)cc3)cc2)CC1. The minimum atomic E-state index is -3.56. The van der Waals surface area contributed by atoms with Crippen molar-refractivity contribution in [3.63, 3.8) is 0 Å². The molecule has 1 aliphatic carbocycles. The number of alkyl halides is 2. The zero-order chi connectivity index (χ0) is 29.6. The van der Waals surface area contributed by atoms with Gasteiger partial charge in [-0.15, -0.1) is 0 Å². The molecule has 0 amide bonds. The maximum Gasteiger partial charge on any atom is 0.400 e. The van der Waals surface area contributed by atoms with Crippen LogP contribution < -0.4 is 4.74 Å². The molecule has 0 spiro atoms. The Bertz CT molecular complexity index is 1300. The van der Waals surface area contributed by atoms with Gasteiger partial charge in [0.25, 0.3) is 0 Å². The second-order valence-electron chi connectivity index (χ2n) is 11.0. The summed E-state index contributed by atoms with van der Waals surface area (Å²) in [6.07, 6.45) is -0.959. The second-order valence-corrected chi connectivity index (χ2v) is 12.1. The summed E-state index contributed by atoms with van der Waals surface area (Å²) >= 11 is 1.17. The highest BCUT2D eigenvalue weighted by Crippen LogP contribution is 2.43. The van der Waals surface area contributed by atoms with E-state index in [1.54, 1.807) is 13.8 Å². The predicted octanol–water partition coefficient (Wildman–Crippen LogP) is 9.02. The van der Waals surface area contributed by atoms with Crippen molar-refractivity contribution in [2.45, 2.75) is 89.2 Å². The molecule has 0 saturated heterocycles. The van der Waals surface area contributed by atoms with Crippen LogP contribution in [-0.4, -0.2) is 16.3 Å². The molecule has 3 nitrogen and oxygen atoms in total. The Morgan fingerprint density at radius 3 is 2.12 bits per heavy atom. The van der Waals surface area contributed by atoms with Crippen molar-refractivity contribution in [2.24, 2.45) is 11.8 Å². The first-order valence-corrected chi connectivity index (χ1v) is 15.3. The molecule has 1 aliphatic rings. The molecule has 7 heteroatoms. The van der Waals surface area contributed by atoms with Gasteiger partial charge in [-0.05, 0) is 105 Å². The van der Waals surface area contributed by atoms with E-state index in [4.69, 9.17) is 4.74 Å². The van der Waals surface area contributed by atoms with Crippen LogP contribution in [0.15, 0.2) is 65.6 Å². The summed E-state index contributed by atoms with van der Waals surface area (Å²) in [5, 5.41) is 10.0. The first-order valence-electron chi connectivity index (χ1n) is 14.5. The fraction of sp³-hybridized carbons (Fsp3) is 0.441. The number of benzene rings is 3. The number of aryl methyl sites for hydroxylation is 4. The van der Waals surface area contributed by atoms with E-state index in [1.807, 2.05) is 24.3 Å². The molecule has 220 valence electrons. The first-order chi connectivity index (χ1) is 19.6. The lowest BCUT2D eigenvalue weighted by Crippen LogP contribution is -2.38. The number of hydrogen-bond acceptors (Lipinski definition) is 4. The van der Waals surface area contributed by atoms with Crippen molar-refractivity contribution in [3.05, 3.63) is 94.3 Å². The number of carbonyl (C=O) groups excluding carboxylic acids is 1. The number of ether oxygens (including phenoxy) is 1. The Labute approximate surface area is 245 Å². The maximum absolute atomic E-state index is 15.2. The van der Waals surface area contributed by atoms with Gasteiger partial charge in [0.15, 0.2) is 16.7 Å². The largest absolute Gasteiger partial charge is 0.429 e. The van der Waals surface area contributed by atoms with Crippen LogP contribution in [0.5, 0.6) is 5.75 Å². The van der Waals surface area contributed by atoms with E-state index >= 15 is 8.78 Å². The molecule has 3 aromatic carbocycles. The summed E-state index contributed by atoms with van der Waals surface area (Å²) in [6, 6.07) is 19.1. The molecule has 1 fully saturated rings. The number of aliphatic hydroxyl groups is 1. The molecule has 1 atom stereocenters. The van der Waals surface area contributed by atoms with Gasteiger partial charge in [-0.2, -0.15) is 8.78 Å². The topological polar surface area (TPSA) is 46.5 Å². The van der Waals surface area contributed by atoms with Crippen molar-refractivity contribution in [1.82, 2.24) is 0 Å². The van der Waals surface area contributed by atoms with E-state index in [0.29, 0.717) is 36.8 Å². The van der Waals surface area contributed by atoms with Crippen molar-refractivity contribution in [3.8, 4) is 5.75 Å². The lowest BCUT2D eigenvalue weighted by molar-refractivity contribution is -0.224. The standard InChI is InChI=1S/C34H39F3O3S/c1-4-25-20-27(31(38)5-2)21-30(35)32(25)40-34(36,37)28-16-14-26(15-17-28)33(39)41-29-18-12-24(13-19-29)11-10-23-8-6-22(3)7-9-23/h6-9,12-13,18-21,26,28,31,38H,4-5,10-11,14-17H2,1-3H3. The van der Waals surface area contributed by atoms with Gasteiger partial charge in [0.05, 0.1) is 12.0 Å². The molecular weight excluding hydrogens is 545 g/mol. The van der Waals surface area contributed by atoms with Crippen molar-refractivity contribution in [1.29, 1.82) is 0 Å². The molecule has 1 unspecified atom stereocenters. The molecule has 0 heterocycles. The highest BCUT2D eigenvalue weighted by Gasteiger charge is 2.45. The van der Waals surface area contributed by atoms with Gasteiger partial charge in [0, 0.05) is 10.8 Å². The van der Waals surface area contributed by atoms with Crippen LogP contribution in [0.1, 0.15) is 79.9 Å². The molecule has 0 aliphatic heterocycles. The van der Waals surface area contributed by atoms with Gasteiger partial charge in [-0.3, -0.25) is 4.79 Å². The van der Waals surface area contributed by atoms with Crippen LogP contribution in [0.3, 0.4) is 0 Å². The zero-order valence-corrected chi connectivity index (χ0v) is 24.8. The number of aliphatic hydroxyl groups excluding tert-OH is 1. The number of rotatable bonds is 11. The van der Waals surface area contributed by atoms with Crippen LogP contribution in [0.25, 0.3) is 0 Å². The second kappa shape index (κ2) is 13.9. The zero-order valence-electron chi connectivity index (χ0n) is 24.0. The van der Waals surface area contributed by atoms with Gasteiger partial charge in [0.2, 0.25) is 0 Å². The summed E-state index contributed by atoms with van der Waals surface area (Å²) in [5.74, 6) is -2.76. The van der Waals surface area contributed by atoms with Gasteiger partial charge in [-0.1, -0.05) is 67.6 Å². The average Bonchev–Trinajstić information content (AvgIpc) is 2.98. The number of carbonyl (C=O) groups is 1. The summed E-state index contributed by atoms with van der Waals surface area (Å²) in [5.41, 5.74) is 4.38. The van der Waals surface area contributed by atoms with Crippen LogP contribution in [0, 0.1) is 24.6 Å². The monoisotopic (exact) mass is 584 g/mol. The predicted molar refractivity (Wildman–Crippen MR) is 158 cm³/mol. The van der Waals surface area contributed by atoms with Gasteiger partial charge in [-0.25, -0.2) is 4.39 Å². The fourth-order valence-electron chi connectivity index (χ4n) is 5.33. The van der Waals surface area contributed by atoms with E-state index in [1.165, 1.54) is 34.5 Å². The lowest BCUT2D eigenvalue weighted by Gasteiger charge is -2.33. The molecule has 1 saturated carbocycles. The molecule has 0 aromatic heterocycles. The molecule has 3 aromatic rings. The summed E-state index contributed by atoms with van der Waals surface area (Å²) in [7, 11) is 0. The molecule has 4 rings (SSSR count). The highest BCUT2D eigenvalue weighted by molar-refractivity contribution is 8.13. The number of halogens is 3. The molecule has 0 radical (unpaired) electrons. The van der Waals surface area contributed by atoms with Crippen LogP contribution in [0.4, 0.5) is 13.2 Å². The quantitative estimate of drug-likeness (QED) is 0.229. The van der Waals surface area contributed by atoms with E-state index in [2.05, 4.69) is 31.2 Å². The van der Waals surface area contributed by atoms with Gasteiger partial charge in [0.1, 0.15) is 0 Å². The summed E-state index contributed by atoms with van der Waals surface area (Å²) in [4.78, 5) is 13.8. The number of hydrogen-bond donors (Lipinski definition) is 1. The van der Waals surface area contributed by atoms with Crippen LogP contribution >= 0.6 is 11.8 Å². The van der Waals surface area contributed by atoms with E-state index in [-0.39, 0.29) is 23.9 Å². The maximum atomic E-state index is 15.2. The third kappa shape index (κ3) is 8.16. The van der Waals surface area contributed by atoms with Crippen molar-refractivity contribution >= 4 is 16.9 Å². The third-order valence-corrected chi connectivity index (χ3v) is 9.08.